The molecule has 0 bridgehead atoms. The molecule has 1 amide bonds. The van der Waals surface area contributed by atoms with Crippen molar-refractivity contribution < 1.29 is 19.1 Å². The van der Waals surface area contributed by atoms with Gasteiger partial charge in [-0.25, -0.2) is 4.79 Å². The number of carbonyl (C=O) groups is 2. The Labute approximate surface area is 162 Å². The van der Waals surface area contributed by atoms with Gasteiger partial charge in [-0.3, -0.25) is 4.79 Å². The van der Waals surface area contributed by atoms with Crippen LogP contribution in [-0.4, -0.2) is 25.1 Å². The van der Waals surface area contributed by atoms with Crippen LogP contribution >= 0.6 is 11.3 Å². The third-order valence-electron chi connectivity index (χ3n) is 3.59. The first-order valence-electron chi connectivity index (χ1n) is 8.42. The first-order chi connectivity index (χ1) is 12.7. The Morgan fingerprint density at radius 1 is 1.19 bits per heavy atom. The lowest BCUT2D eigenvalue weighted by molar-refractivity contribution is -0.123. The van der Waals surface area contributed by atoms with E-state index in [1.54, 1.807) is 37.3 Å². The van der Waals surface area contributed by atoms with E-state index < -0.39 is 11.4 Å². The van der Waals surface area contributed by atoms with E-state index in [-0.39, 0.29) is 19.1 Å². The fourth-order valence-corrected chi connectivity index (χ4v) is 2.99. The minimum Gasteiger partial charge on any atom is -0.490 e. The molecule has 0 saturated heterocycles. The van der Waals surface area contributed by atoms with E-state index in [0.717, 1.165) is 5.56 Å². The minimum atomic E-state index is -0.513. The summed E-state index contributed by atoms with van der Waals surface area (Å²) in [5.41, 5.74) is 0.792. The average Bonchev–Trinajstić information content (AvgIpc) is 2.98. The highest BCUT2D eigenvalue weighted by Gasteiger charge is 2.23. The quantitative estimate of drug-likeness (QED) is 0.595. The maximum atomic E-state index is 12.2. The second kappa shape index (κ2) is 8.69. The number of rotatable bonds is 6. The molecule has 1 heterocycles. The second-order valence-corrected chi connectivity index (χ2v) is 8.00. The van der Waals surface area contributed by atoms with Crippen molar-refractivity contribution in [1.82, 2.24) is 0 Å². The van der Waals surface area contributed by atoms with Gasteiger partial charge in [0, 0.05) is 5.41 Å². The lowest BCUT2D eigenvalue weighted by atomic mass is 9.96. The summed E-state index contributed by atoms with van der Waals surface area (Å²) in [6, 6.07) is 10.5. The smallest absolute Gasteiger partial charge is 0.348 e. The van der Waals surface area contributed by atoms with Crippen molar-refractivity contribution in [2.75, 3.05) is 18.5 Å². The molecular weight excluding hydrogens is 364 g/mol. The molecule has 0 unspecified atom stereocenters. The van der Waals surface area contributed by atoms with Crippen molar-refractivity contribution in [2.24, 2.45) is 5.41 Å². The van der Waals surface area contributed by atoms with Crippen molar-refractivity contribution in [2.45, 2.75) is 27.7 Å². The van der Waals surface area contributed by atoms with Crippen molar-refractivity contribution >= 4 is 28.2 Å². The number of benzene rings is 1. The maximum Gasteiger partial charge on any atom is 0.348 e. The lowest BCUT2D eigenvalue weighted by Gasteiger charge is -2.16. The van der Waals surface area contributed by atoms with Crippen molar-refractivity contribution in [3.63, 3.8) is 0 Å². The molecule has 142 valence electrons. The Balaban J connectivity index is 1.85. The molecule has 0 spiro atoms. The largest absolute Gasteiger partial charge is 0.490 e. The van der Waals surface area contributed by atoms with Gasteiger partial charge in [-0.1, -0.05) is 20.8 Å². The predicted octanol–water partition coefficient (Wildman–Crippen LogP) is 4.15. The molecule has 2 rings (SSSR count). The normalized spacial score (nSPS) is 10.8. The SMILES string of the molecule is Cc1cc(NC(=O)C(C)(C)C)sc1C(=O)OCCOc1ccc(C#N)cc1. The van der Waals surface area contributed by atoms with Crippen LogP contribution in [0.3, 0.4) is 0 Å². The van der Waals surface area contributed by atoms with Crippen molar-refractivity contribution in [3.8, 4) is 11.8 Å². The molecular formula is C20H22N2O4S. The molecule has 0 aliphatic rings. The number of esters is 1. The Morgan fingerprint density at radius 3 is 2.44 bits per heavy atom. The van der Waals surface area contributed by atoms with Crippen LogP contribution in [0.25, 0.3) is 0 Å². The van der Waals surface area contributed by atoms with Crippen molar-refractivity contribution in [3.05, 3.63) is 46.3 Å². The minimum absolute atomic E-state index is 0.0971. The van der Waals surface area contributed by atoms with Crippen molar-refractivity contribution in [1.29, 1.82) is 5.26 Å². The highest BCUT2D eigenvalue weighted by molar-refractivity contribution is 7.18. The summed E-state index contributed by atoms with van der Waals surface area (Å²) in [7, 11) is 0. The number of anilines is 1. The highest BCUT2D eigenvalue weighted by atomic mass is 32.1. The molecule has 0 fully saturated rings. The third kappa shape index (κ3) is 5.83. The van der Waals surface area contributed by atoms with E-state index in [9.17, 15) is 9.59 Å². The second-order valence-electron chi connectivity index (χ2n) is 6.95. The van der Waals surface area contributed by atoms with Gasteiger partial charge in [-0.2, -0.15) is 5.26 Å². The number of nitrogens with one attached hydrogen (secondary N) is 1. The maximum absolute atomic E-state index is 12.2. The zero-order valence-electron chi connectivity index (χ0n) is 15.8. The van der Waals surface area contributed by atoms with Gasteiger partial charge in [0.1, 0.15) is 23.8 Å². The average molecular weight is 386 g/mol. The monoisotopic (exact) mass is 386 g/mol. The third-order valence-corrected chi connectivity index (χ3v) is 4.72. The van der Waals surface area contributed by atoms with Crippen LogP contribution in [0.4, 0.5) is 5.00 Å². The van der Waals surface area contributed by atoms with E-state index >= 15 is 0 Å². The van der Waals surface area contributed by atoms with Gasteiger partial charge in [0.15, 0.2) is 0 Å². The van der Waals surface area contributed by atoms with Crippen LogP contribution in [-0.2, 0) is 9.53 Å². The molecule has 0 saturated carbocycles. The van der Waals surface area contributed by atoms with Gasteiger partial charge < -0.3 is 14.8 Å². The molecule has 2 aromatic rings. The first kappa shape index (κ1) is 20.5. The van der Waals surface area contributed by atoms with Gasteiger partial charge in [0.05, 0.1) is 16.6 Å². The molecule has 27 heavy (non-hydrogen) atoms. The Kier molecular flexibility index (Phi) is 6.59. The summed E-state index contributed by atoms with van der Waals surface area (Å²) < 4.78 is 10.7. The number of thiophene rings is 1. The molecule has 6 nitrogen and oxygen atoms in total. The van der Waals surface area contributed by atoms with Gasteiger partial charge in [-0.05, 0) is 42.8 Å². The van der Waals surface area contributed by atoms with Crippen LogP contribution in [0.15, 0.2) is 30.3 Å². The van der Waals surface area contributed by atoms with E-state index in [1.807, 2.05) is 26.8 Å². The summed E-state index contributed by atoms with van der Waals surface area (Å²) in [5, 5.41) is 12.2. The predicted molar refractivity (Wildman–Crippen MR) is 104 cm³/mol. The number of ether oxygens (including phenoxy) is 2. The van der Waals surface area contributed by atoms with E-state index in [0.29, 0.717) is 21.2 Å². The Hall–Kier alpha value is -2.85. The van der Waals surface area contributed by atoms with Crippen LogP contribution in [0.1, 0.15) is 41.6 Å². The summed E-state index contributed by atoms with van der Waals surface area (Å²) in [4.78, 5) is 24.8. The number of aryl methyl sites for hydroxylation is 1. The summed E-state index contributed by atoms with van der Waals surface area (Å²) in [6.45, 7) is 7.58. The molecule has 0 radical (unpaired) electrons. The number of hydrogen-bond acceptors (Lipinski definition) is 6. The van der Waals surface area contributed by atoms with Gasteiger partial charge in [-0.15, -0.1) is 11.3 Å². The molecule has 7 heteroatoms. The topological polar surface area (TPSA) is 88.4 Å². The summed E-state index contributed by atoms with van der Waals surface area (Å²) >= 11 is 1.19. The number of amides is 1. The van der Waals surface area contributed by atoms with E-state index in [4.69, 9.17) is 14.7 Å². The van der Waals surface area contributed by atoms with Crippen LogP contribution < -0.4 is 10.1 Å². The lowest BCUT2D eigenvalue weighted by Crippen LogP contribution is -2.27. The molecule has 0 aliphatic heterocycles. The van der Waals surface area contributed by atoms with Crippen LogP contribution in [0.2, 0.25) is 0 Å². The molecule has 1 aromatic heterocycles. The number of nitriles is 1. The molecule has 0 atom stereocenters. The van der Waals surface area contributed by atoms with E-state index in [2.05, 4.69) is 5.32 Å². The van der Waals surface area contributed by atoms with Gasteiger partial charge >= 0.3 is 5.97 Å². The zero-order valence-corrected chi connectivity index (χ0v) is 16.6. The van der Waals surface area contributed by atoms with Gasteiger partial charge in [0.2, 0.25) is 5.91 Å². The first-order valence-corrected chi connectivity index (χ1v) is 9.24. The van der Waals surface area contributed by atoms with Gasteiger partial charge in [0.25, 0.3) is 0 Å². The number of nitrogens with zero attached hydrogens (tertiary/aromatic N) is 1. The molecule has 1 aromatic carbocycles. The zero-order chi connectivity index (χ0) is 20.0. The Bertz CT molecular complexity index is 858. The summed E-state index contributed by atoms with van der Waals surface area (Å²) in [5.74, 6) is 0.0428. The molecule has 1 N–H and O–H groups in total. The van der Waals surface area contributed by atoms with Crippen LogP contribution in [0.5, 0.6) is 5.75 Å². The Morgan fingerprint density at radius 2 is 1.85 bits per heavy atom. The standard InChI is InChI=1S/C20H22N2O4S/c1-13-11-16(22-19(24)20(2,3)4)27-17(13)18(23)26-10-9-25-15-7-5-14(12-21)6-8-15/h5-8,11H,9-10H2,1-4H3,(H,22,24). The van der Waals surface area contributed by atoms with E-state index in [1.165, 1.54) is 11.3 Å². The number of carbonyl (C=O) groups excluding carboxylic acids is 2. The highest BCUT2D eigenvalue weighted by Crippen LogP contribution is 2.29. The van der Waals surface area contributed by atoms with Crippen LogP contribution in [0, 0.1) is 23.7 Å². The summed E-state index contributed by atoms with van der Waals surface area (Å²) in [6.07, 6.45) is 0. The number of hydrogen-bond donors (Lipinski definition) is 1. The molecule has 0 aliphatic carbocycles. The fraction of sp³-hybridized carbons (Fsp3) is 0.350. The fourth-order valence-electron chi connectivity index (χ4n) is 2.03.